The van der Waals surface area contributed by atoms with Crippen LogP contribution in [0.4, 0.5) is 8.78 Å². The fourth-order valence-corrected chi connectivity index (χ4v) is 1.13. The fraction of sp³-hybridized carbons (Fsp3) is 0.143. The van der Waals surface area contributed by atoms with E-state index in [1.165, 1.54) is 0 Å². The molecule has 0 spiro atoms. The van der Waals surface area contributed by atoms with Gasteiger partial charge in [0, 0.05) is 5.56 Å². The van der Waals surface area contributed by atoms with Gasteiger partial charge in [-0.3, -0.25) is 0 Å². The van der Waals surface area contributed by atoms with Gasteiger partial charge < -0.3 is 5.11 Å². The number of phenols is 1. The Bertz CT molecular complexity index is 234. The largest absolute Gasteiger partial charge is 0.504 e. The Hall–Kier alpha value is -0.540. The van der Waals surface area contributed by atoms with E-state index in [1.54, 1.807) is 0 Å². The molecule has 0 aliphatic heterocycles. The number of rotatable bonds is 0. The van der Waals surface area contributed by atoms with Crippen molar-refractivity contribution in [3.8, 4) is 5.75 Å². The molecular weight excluding hydrogens is 209 g/mol. The third-order valence-electron chi connectivity index (χ3n) is 1.46. The molecule has 12 heavy (non-hydrogen) atoms. The van der Waals surface area contributed by atoms with E-state index < -0.39 is 27.4 Å². The average Bonchev–Trinajstić information content (AvgIpc) is 2.08. The van der Waals surface area contributed by atoms with Crippen molar-refractivity contribution in [2.75, 3.05) is 0 Å². The van der Waals surface area contributed by atoms with Crippen LogP contribution in [-0.2, 0) is 0 Å². The van der Waals surface area contributed by atoms with Crippen molar-refractivity contribution >= 4 is 23.2 Å². The van der Waals surface area contributed by atoms with Gasteiger partial charge in [-0.1, -0.05) is 23.2 Å². The van der Waals surface area contributed by atoms with Gasteiger partial charge in [-0.15, -0.1) is 0 Å². The summed E-state index contributed by atoms with van der Waals surface area (Å²) in [5.74, 6) is -2.85. The van der Waals surface area contributed by atoms with E-state index in [0.717, 1.165) is 6.92 Å². The van der Waals surface area contributed by atoms with Crippen LogP contribution in [0.3, 0.4) is 0 Å². The molecule has 0 amide bonds. The minimum Gasteiger partial charge on any atom is -0.504 e. The smallest absolute Gasteiger partial charge is 0.172 e. The molecule has 1 rings (SSSR count). The lowest BCUT2D eigenvalue weighted by molar-refractivity contribution is 0.425. The second-order valence-corrected chi connectivity index (χ2v) is 2.99. The average molecular weight is 213 g/mol. The number of hydrogen-bond donors (Lipinski definition) is 1. The summed E-state index contributed by atoms with van der Waals surface area (Å²) >= 11 is 10.6. The van der Waals surface area contributed by atoms with Crippen LogP contribution in [0.1, 0.15) is 5.56 Å². The van der Waals surface area contributed by atoms with Crippen LogP contribution < -0.4 is 0 Å². The van der Waals surface area contributed by atoms with Crippen LogP contribution >= 0.6 is 23.2 Å². The number of halogens is 4. The standard InChI is InChI=1S/C7H4Cl2F2O/c1-2-5(10)3(8)4(9)7(12)6(2)11/h12H,1H3. The molecule has 0 aliphatic carbocycles. The predicted molar refractivity (Wildman–Crippen MR) is 42.8 cm³/mol. The van der Waals surface area contributed by atoms with E-state index >= 15 is 0 Å². The maximum atomic E-state index is 12.9. The Morgan fingerprint density at radius 2 is 1.58 bits per heavy atom. The summed E-state index contributed by atoms with van der Waals surface area (Å²) in [6, 6.07) is 0. The zero-order valence-electron chi connectivity index (χ0n) is 5.96. The highest BCUT2D eigenvalue weighted by atomic mass is 35.5. The second kappa shape index (κ2) is 3.07. The normalized spacial score (nSPS) is 10.4. The van der Waals surface area contributed by atoms with E-state index in [0.29, 0.717) is 0 Å². The van der Waals surface area contributed by atoms with Crippen molar-refractivity contribution in [1.82, 2.24) is 0 Å². The van der Waals surface area contributed by atoms with Crippen molar-refractivity contribution in [3.05, 3.63) is 27.2 Å². The first-order chi connectivity index (χ1) is 5.46. The quantitative estimate of drug-likeness (QED) is 0.517. The zero-order valence-corrected chi connectivity index (χ0v) is 7.47. The second-order valence-electron chi connectivity index (χ2n) is 2.23. The molecule has 1 N–H and O–H groups in total. The van der Waals surface area contributed by atoms with E-state index in [9.17, 15) is 8.78 Å². The summed E-state index contributed by atoms with van der Waals surface area (Å²) in [6.07, 6.45) is 0. The van der Waals surface area contributed by atoms with E-state index in [1.807, 2.05) is 0 Å². The van der Waals surface area contributed by atoms with Crippen LogP contribution in [0.15, 0.2) is 0 Å². The molecular formula is C7H4Cl2F2O. The van der Waals surface area contributed by atoms with Crippen molar-refractivity contribution in [3.63, 3.8) is 0 Å². The van der Waals surface area contributed by atoms with Gasteiger partial charge in [-0.05, 0) is 6.92 Å². The highest BCUT2D eigenvalue weighted by molar-refractivity contribution is 6.43. The molecule has 0 atom stereocenters. The Labute approximate surface area is 77.5 Å². The lowest BCUT2D eigenvalue weighted by atomic mass is 10.2. The van der Waals surface area contributed by atoms with Crippen LogP contribution in [0.5, 0.6) is 5.75 Å². The van der Waals surface area contributed by atoms with Gasteiger partial charge >= 0.3 is 0 Å². The molecule has 0 aromatic heterocycles. The maximum absolute atomic E-state index is 12.9. The third kappa shape index (κ3) is 1.23. The van der Waals surface area contributed by atoms with Gasteiger partial charge in [0.05, 0.1) is 5.02 Å². The molecule has 1 aromatic rings. The Morgan fingerprint density at radius 1 is 1.08 bits per heavy atom. The maximum Gasteiger partial charge on any atom is 0.172 e. The fourth-order valence-electron chi connectivity index (χ4n) is 0.735. The molecule has 0 saturated carbocycles. The summed E-state index contributed by atoms with van der Waals surface area (Å²) in [6.45, 7) is 1.16. The predicted octanol–water partition coefficient (Wildman–Crippen LogP) is 3.29. The minimum atomic E-state index is -1.08. The van der Waals surface area contributed by atoms with Gasteiger partial charge in [0.2, 0.25) is 0 Å². The third-order valence-corrected chi connectivity index (χ3v) is 2.28. The van der Waals surface area contributed by atoms with Gasteiger partial charge in [0.15, 0.2) is 11.6 Å². The summed E-state index contributed by atoms with van der Waals surface area (Å²) < 4.78 is 25.7. The lowest BCUT2D eigenvalue weighted by Gasteiger charge is -2.05. The molecule has 1 nitrogen and oxygen atoms in total. The number of phenolic OH excluding ortho intramolecular Hbond substituents is 1. The van der Waals surface area contributed by atoms with Crippen LogP contribution in [0.2, 0.25) is 10.0 Å². The molecule has 0 heterocycles. The van der Waals surface area contributed by atoms with E-state index in [4.69, 9.17) is 28.3 Å². The molecule has 1 aromatic carbocycles. The van der Waals surface area contributed by atoms with Gasteiger partial charge in [0.25, 0.3) is 0 Å². The molecule has 5 heteroatoms. The van der Waals surface area contributed by atoms with E-state index in [2.05, 4.69) is 0 Å². The Balaban J connectivity index is 3.60. The van der Waals surface area contributed by atoms with Crippen molar-refractivity contribution < 1.29 is 13.9 Å². The topological polar surface area (TPSA) is 20.2 Å². The molecule has 66 valence electrons. The van der Waals surface area contributed by atoms with Gasteiger partial charge in [-0.2, -0.15) is 0 Å². The highest BCUT2D eigenvalue weighted by Gasteiger charge is 2.19. The number of aromatic hydroxyl groups is 1. The van der Waals surface area contributed by atoms with Crippen LogP contribution in [-0.4, -0.2) is 5.11 Å². The molecule has 0 unspecified atom stereocenters. The minimum absolute atomic E-state index is 0.345. The van der Waals surface area contributed by atoms with Crippen molar-refractivity contribution in [1.29, 1.82) is 0 Å². The van der Waals surface area contributed by atoms with Crippen LogP contribution in [0, 0.1) is 18.6 Å². The SMILES string of the molecule is Cc1c(F)c(O)c(Cl)c(Cl)c1F. The van der Waals surface area contributed by atoms with Crippen molar-refractivity contribution in [2.45, 2.75) is 6.92 Å². The monoisotopic (exact) mass is 212 g/mol. The molecule has 0 saturated heterocycles. The van der Waals surface area contributed by atoms with E-state index in [-0.39, 0.29) is 5.56 Å². The van der Waals surface area contributed by atoms with Gasteiger partial charge in [0.1, 0.15) is 10.8 Å². The lowest BCUT2D eigenvalue weighted by Crippen LogP contribution is -1.91. The first kappa shape index (κ1) is 9.55. The Kier molecular flexibility index (Phi) is 2.44. The van der Waals surface area contributed by atoms with Crippen molar-refractivity contribution in [2.24, 2.45) is 0 Å². The Morgan fingerprint density at radius 3 is 2.08 bits per heavy atom. The summed E-state index contributed by atoms with van der Waals surface area (Å²) in [7, 11) is 0. The first-order valence-electron chi connectivity index (χ1n) is 2.98. The molecule has 0 radical (unpaired) electrons. The first-order valence-corrected chi connectivity index (χ1v) is 3.74. The summed E-state index contributed by atoms with van der Waals surface area (Å²) in [5, 5.41) is 7.97. The summed E-state index contributed by atoms with van der Waals surface area (Å²) in [5.41, 5.74) is -0.345. The zero-order chi connectivity index (χ0) is 9.46. The number of benzene rings is 1. The molecule has 0 aliphatic rings. The summed E-state index contributed by atoms with van der Waals surface area (Å²) in [4.78, 5) is 0. The molecule has 0 bridgehead atoms. The number of hydrogen-bond acceptors (Lipinski definition) is 1. The molecule has 0 fully saturated rings. The van der Waals surface area contributed by atoms with Gasteiger partial charge in [-0.25, -0.2) is 8.78 Å². The van der Waals surface area contributed by atoms with Crippen LogP contribution in [0.25, 0.3) is 0 Å². The highest BCUT2D eigenvalue weighted by Crippen LogP contribution is 2.37.